The Labute approximate surface area is 145 Å². The molecule has 128 valence electrons. The zero-order valence-electron chi connectivity index (χ0n) is 13.4. The van der Waals surface area contributed by atoms with Gasteiger partial charge in [0.25, 0.3) is 0 Å². The number of nitrogens with one attached hydrogen (secondary N) is 2. The van der Waals surface area contributed by atoms with E-state index in [0.29, 0.717) is 17.1 Å². The molecule has 0 spiro atoms. The van der Waals surface area contributed by atoms with Crippen molar-refractivity contribution < 1.29 is 13.6 Å². The summed E-state index contributed by atoms with van der Waals surface area (Å²) in [4.78, 5) is 12.0. The van der Waals surface area contributed by atoms with Gasteiger partial charge in [-0.3, -0.25) is 0 Å². The number of amides is 2. The van der Waals surface area contributed by atoms with Gasteiger partial charge in [0.15, 0.2) is 0 Å². The van der Waals surface area contributed by atoms with E-state index < -0.39 is 0 Å². The molecule has 1 aliphatic carbocycles. The second kappa shape index (κ2) is 7.26. The van der Waals surface area contributed by atoms with E-state index in [-0.39, 0.29) is 23.8 Å². The maximum Gasteiger partial charge on any atom is 0.315 e. The van der Waals surface area contributed by atoms with Crippen LogP contribution in [0.3, 0.4) is 0 Å². The van der Waals surface area contributed by atoms with Crippen LogP contribution in [-0.2, 0) is 6.54 Å². The van der Waals surface area contributed by atoms with Gasteiger partial charge in [0.05, 0.1) is 6.54 Å². The molecule has 1 heterocycles. The zero-order chi connectivity index (χ0) is 17.1. The van der Waals surface area contributed by atoms with E-state index in [1.165, 1.54) is 6.07 Å². The summed E-state index contributed by atoms with van der Waals surface area (Å²) < 4.78 is 19.4. The Balaban J connectivity index is 1.49. The molecular formula is C18H20ClFN2O2. The third-order valence-electron chi connectivity index (χ3n) is 4.39. The van der Waals surface area contributed by atoms with Gasteiger partial charge in [0, 0.05) is 11.1 Å². The van der Waals surface area contributed by atoms with Crippen LogP contribution in [0.1, 0.15) is 42.3 Å². The predicted octanol–water partition coefficient (Wildman–Crippen LogP) is 4.52. The number of urea groups is 1. The van der Waals surface area contributed by atoms with Gasteiger partial charge in [-0.25, -0.2) is 9.18 Å². The first-order chi connectivity index (χ1) is 11.5. The van der Waals surface area contributed by atoms with Crippen LogP contribution in [0, 0.1) is 12.7 Å². The summed E-state index contributed by atoms with van der Waals surface area (Å²) in [6.07, 6.45) is 2.41. The minimum absolute atomic E-state index is 0.0448. The third kappa shape index (κ3) is 4.09. The number of halogens is 2. The second-order valence-electron chi connectivity index (χ2n) is 6.21. The standard InChI is InChI=1S/C18H20ClFN2O2/c1-11-2-6-15(24-11)10-21-18(23)22-14-5-3-12(8-14)16-7-4-13(19)9-17(16)20/h2,4,6-7,9,12,14H,3,5,8,10H2,1H3,(H2,21,22,23)/t12-,14?/m0/s1. The number of benzene rings is 1. The van der Waals surface area contributed by atoms with E-state index >= 15 is 0 Å². The average Bonchev–Trinajstić information content (AvgIpc) is 3.14. The number of rotatable bonds is 4. The van der Waals surface area contributed by atoms with Gasteiger partial charge in [0.2, 0.25) is 0 Å². The van der Waals surface area contributed by atoms with Crippen molar-refractivity contribution in [2.45, 2.75) is 44.7 Å². The van der Waals surface area contributed by atoms with Crippen LogP contribution in [-0.4, -0.2) is 12.1 Å². The van der Waals surface area contributed by atoms with Crippen molar-refractivity contribution in [3.05, 3.63) is 58.3 Å². The van der Waals surface area contributed by atoms with Crippen molar-refractivity contribution in [1.82, 2.24) is 10.6 Å². The van der Waals surface area contributed by atoms with Crippen LogP contribution in [0.5, 0.6) is 0 Å². The van der Waals surface area contributed by atoms with Crippen LogP contribution in [0.15, 0.2) is 34.7 Å². The van der Waals surface area contributed by atoms with Gasteiger partial charge in [-0.1, -0.05) is 17.7 Å². The number of hydrogen-bond donors (Lipinski definition) is 2. The molecule has 6 heteroatoms. The molecule has 0 aliphatic heterocycles. The highest BCUT2D eigenvalue weighted by atomic mass is 35.5. The molecule has 1 aliphatic rings. The Kier molecular flexibility index (Phi) is 5.09. The zero-order valence-corrected chi connectivity index (χ0v) is 14.2. The SMILES string of the molecule is Cc1ccc(CNC(=O)NC2CC[C@H](c3ccc(Cl)cc3F)C2)o1. The number of aryl methyl sites for hydroxylation is 1. The maximum absolute atomic E-state index is 14.0. The Morgan fingerprint density at radius 1 is 1.33 bits per heavy atom. The quantitative estimate of drug-likeness (QED) is 0.852. The Morgan fingerprint density at radius 3 is 2.88 bits per heavy atom. The molecule has 2 N–H and O–H groups in total. The molecule has 4 nitrogen and oxygen atoms in total. The van der Waals surface area contributed by atoms with Gasteiger partial charge in [-0.15, -0.1) is 0 Å². The lowest BCUT2D eigenvalue weighted by Crippen LogP contribution is -2.40. The van der Waals surface area contributed by atoms with Crippen molar-refractivity contribution in [3.63, 3.8) is 0 Å². The van der Waals surface area contributed by atoms with Crippen molar-refractivity contribution in [1.29, 1.82) is 0 Å². The third-order valence-corrected chi connectivity index (χ3v) is 4.62. The maximum atomic E-state index is 14.0. The van der Waals surface area contributed by atoms with Gasteiger partial charge < -0.3 is 15.1 Å². The lowest BCUT2D eigenvalue weighted by molar-refractivity contribution is 0.235. The van der Waals surface area contributed by atoms with Gasteiger partial charge in [0.1, 0.15) is 17.3 Å². The average molecular weight is 351 g/mol. The summed E-state index contributed by atoms with van der Waals surface area (Å²) in [5.74, 6) is 1.37. The van der Waals surface area contributed by atoms with Crippen LogP contribution >= 0.6 is 11.6 Å². The van der Waals surface area contributed by atoms with Gasteiger partial charge >= 0.3 is 6.03 Å². The van der Waals surface area contributed by atoms with Gasteiger partial charge in [-0.2, -0.15) is 0 Å². The lowest BCUT2D eigenvalue weighted by Gasteiger charge is -2.15. The first kappa shape index (κ1) is 16.8. The van der Waals surface area contributed by atoms with Crippen LogP contribution < -0.4 is 10.6 Å². The highest BCUT2D eigenvalue weighted by molar-refractivity contribution is 6.30. The molecule has 1 fully saturated rings. The Hall–Kier alpha value is -2.01. The molecule has 2 atom stereocenters. The van der Waals surface area contributed by atoms with Crippen LogP contribution in [0.4, 0.5) is 9.18 Å². The fourth-order valence-electron chi connectivity index (χ4n) is 3.21. The molecule has 1 aromatic carbocycles. The fourth-order valence-corrected chi connectivity index (χ4v) is 3.37. The van der Waals surface area contributed by atoms with Crippen LogP contribution in [0.25, 0.3) is 0 Å². The highest BCUT2D eigenvalue weighted by Crippen LogP contribution is 2.36. The molecular weight excluding hydrogens is 331 g/mol. The van der Waals surface area contributed by atoms with E-state index in [1.807, 2.05) is 19.1 Å². The number of furan rings is 1. The molecule has 2 aromatic rings. The normalized spacial score (nSPS) is 20.1. The van der Waals surface area contributed by atoms with Crippen molar-refractivity contribution >= 4 is 17.6 Å². The minimum Gasteiger partial charge on any atom is -0.465 e. The monoisotopic (exact) mass is 350 g/mol. The lowest BCUT2D eigenvalue weighted by atomic mass is 9.97. The Morgan fingerprint density at radius 2 is 2.17 bits per heavy atom. The molecule has 24 heavy (non-hydrogen) atoms. The summed E-state index contributed by atoms with van der Waals surface area (Å²) >= 11 is 5.79. The molecule has 2 amide bonds. The van der Waals surface area contributed by atoms with E-state index in [1.54, 1.807) is 12.1 Å². The van der Waals surface area contributed by atoms with E-state index in [0.717, 1.165) is 30.8 Å². The highest BCUT2D eigenvalue weighted by Gasteiger charge is 2.28. The first-order valence-corrected chi connectivity index (χ1v) is 8.43. The summed E-state index contributed by atoms with van der Waals surface area (Å²) in [5, 5.41) is 6.12. The van der Waals surface area contributed by atoms with E-state index in [4.69, 9.17) is 16.0 Å². The molecule has 1 aromatic heterocycles. The number of hydrogen-bond acceptors (Lipinski definition) is 2. The predicted molar refractivity (Wildman–Crippen MR) is 90.6 cm³/mol. The van der Waals surface area contributed by atoms with Crippen molar-refractivity contribution in [2.24, 2.45) is 0 Å². The number of carbonyl (C=O) groups excluding carboxylic acids is 1. The summed E-state index contributed by atoms with van der Waals surface area (Å²) in [6.45, 7) is 2.21. The van der Waals surface area contributed by atoms with E-state index in [2.05, 4.69) is 10.6 Å². The molecule has 1 unspecified atom stereocenters. The summed E-state index contributed by atoms with van der Waals surface area (Å²) in [7, 11) is 0. The minimum atomic E-state index is -0.272. The number of carbonyl (C=O) groups is 1. The van der Waals surface area contributed by atoms with Crippen LogP contribution in [0.2, 0.25) is 5.02 Å². The molecule has 0 radical (unpaired) electrons. The van der Waals surface area contributed by atoms with Crippen molar-refractivity contribution in [3.8, 4) is 0 Å². The molecule has 1 saturated carbocycles. The fraction of sp³-hybridized carbons (Fsp3) is 0.389. The summed E-state index contributed by atoms with van der Waals surface area (Å²) in [5.41, 5.74) is 0.676. The Bertz CT molecular complexity index is 732. The summed E-state index contributed by atoms with van der Waals surface area (Å²) in [6, 6.07) is 8.30. The smallest absolute Gasteiger partial charge is 0.315 e. The topological polar surface area (TPSA) is 54.3 Å². The largest absolute Gasteiger partial charge is 0.465 e. The van der Waals surface area contributed by atoms with E-state index in [9.17, 15) is 9.18 Å². The molecule has 0 saturated heterocycles. The molecule has 3 rings (SSSR count). The molecule has 0 bridgehead atoms. The second-order valence-corrected chi connectivity index (χ2v) is 6.65. The first-order valence-electron chi connectivity index (χ1n) is 8.06. The van der Waals surface area contributed by atoms with Crippen molar-refractivity contribution in [2.75, 3.05) is 0 Å². The van der Waals surface area contributed by atoms with Gasteiger partial charge in [-0.05, 0) is 61.9 Å².